The van der Waals surface area contributed by atoms with Crippen molar-refractivity contribution in [3.05, 3.63) is 28.2 Å². The molecule has 0 atom stereocenters. The van der Waals surface area contributed by atoms with Crippen LogP contribution in [-0.4, -0.2) is 18.5 Å². The molecule has 6 heteroatoms. The molecule has 0 bridgehead atoms. The maximum absolute atomic E-state index is 12.5. The number of unbranched alkanes of at least 4 members (excludes halogenated alkanes) is 14. The largest absolute Gasteiger partial charge is 0.465 e. The molecule has 1 rings (SSSR count). The number of rotatable bonds is 19. The molecule has 0 amide bonds. The molecule has 0 aliphatic carbocycles. The van der Waals surface area contributed by atoms with E-state index in [2.05, 4.69) is 6.92 Å². The number of benzene rings is 1. The Morgan fingerprint density at radius 1 is 0.735 bits per heavy atom. The first-order valence-electron chi connectivity index (χ1n) is 13.1. The molecule has 0 unspecified atom stereocenters. The zero-order valence-electron chi connectivity index (χ0n) is 21.4. The second-order valence-electron chi connectivity index (χ2n) is 9.67. The highest BCUT2D eigenvalue weighted by atomic mass is 35.5. The lowest BCUT2D eigenvalue weighted by Gasteiger charge is -2.21. The Bertz CT molecular complexity index is 718. The van der Waals surface area contributed by atoms with Gasteiger partial charge in [-0.1, -0.05) is 120 Å². The first kappa shape index (κ1) is 30.8. The van der Waals surface area contributed by atoms with E-state index in [9.17, 15) is 9.59 Å². The van der Waals surface area contributed by atoms with Gasteiger partial charge in [0.1, 0.15) is 0 Å². The van der Waals surface area contributed by atoms with Crippen LogP contribution >= 0.6 is 23.2 Å². The topological polar surface area (TPSA) is 52.6 Å². The fourth-order valence-electron chi connectivity index (χ4n) is 3.68. The summed E-state index contributed by atoms with van der Waals surface area (Å²) in [6.45, 7) is 5.55. The van der Waals surface area contributed by atoms with Crippen LogP contribution in [0, 0.1) is 5.41 Å². The number of ether oxygens (including phenoxy) is 2. The van der Waals surface area contributed by atoms with Gasteiger partial charge in [-0.2, -0.15) is 0 Å². The Morgan fingerprint density at radius 3 is 1.71 bits per heavy atom. The van der Waals surface area contributed by atoms with E-state index in [1.165, 1.54) is 103 Å². The van der Waals surface area contributed by atoms with Crippen molar-refractivity contribution in [3.8, 4) is 5.75 Å². The molecule has 0 radical (unpaired) electrons. The van der Waals surface area contributed by atoms with Crippen molar-refractivity contribution in [2.24, 2.45) is 5.41 Å². The summed E-state index contributed by atoms with van der Waals surface area (Å²) in [5.41, 5.74) is -1.43. The number of carbonyl (C=O) groups excluding carboxylic acids is 2. The molecule has 194 valence electrons. The lowest BCUT2D eigenvalue weighted by Crippen LogP contribution is -2.38. The van der Waals surface area contributed by atoms with E-state index in [1.54, 1.807) is 6.07 Å². The van der Waals surface area contributed by atoms with Crippen LogP contribution in [0.1, 0.15) is 117 Å². The molecule has 0 aliphatic heterocycles. The quantitative estimate of drug-likeness (QED) is 0.0797. The molecule has 0 aliphatic rings. The number of hydrogen-bond donors (Lipinski definition) is 0. The summed E-state index contributed by atoms with van der Waals surface area (Å²) in [4.78, 5) is 24.9. The summed E-state index contributed by atoms with van der Waals surface area (Å²) in [5.74, 6) is -1.19. The predicted molar refractivity (Wildman–Crippen MR) is 142 cm³/mol. The molecule has 34 heavy (non-hydrogen) atoms. The van der Waals surface area contributed by atoms with Crippen LogP contribution in [-0.2, 0) is 14.3 Å². The SMILES string of the molecule is CCCCCCCCCCCCCCCCCOC(=O)C(C)(C)C(=O)Oc1cc(Cl)ccc1Cl. The van der Waals surface area contributed by atoms with E-state index >= 15 is 0 Å². The zero-order valence-corrected chi connectivity index (χ0v) is 22.9. The average Bonchev–Trinajstić information content (AvgIpc) is 2.80. The predicted octanol–water partition coefficient (Wildman–Crippen LogP) is 9.34. The van der Waals surface area contributed by atoms with E-state index in [1.807, 2.05) is 0 Å². The molecule has 0 saturated heterocycles. The van der Waals surface area contributed by atoms with Crippen LogP contribution in [0.4, 0.5) is 0 Å². The molecule has 0 spiro atoms. The van der Waals surface area contributed by atoms with Gasteiger partial charge < -0.3 is 9.47 Å². The van der Waals surface area contributed by atoms with E-state index in [0.717, 1.165) is 19.3 Å². The van der Waals surface area contributed by atoms with E-state index < -0.39 is 17.4 Å². The number of carbonyl (C=O) groups is 2. The van der Waals surface area contributed by atoms with Crippen LogP contribution in [0.15, 0.2) is 18.2 Å². The normalized spacial score (nSPS) is 11.4. The molecular formula is C28H44Cl2O4. The minimum Gasteiger partial charge on any atom is -0.465 e. The molecule has 1 aromatic rings. The van der Waals surface area contributed by atoms with Crippen LogP contribution in [0.3, 0.4) is 0 Å². The first-order valence-corrected chi connectivity index (χ1v) is 13.9. The van der Waals surface area contributed by atoms with Crippen LogP contribution in [0.25, 0.3) is 0 Å². The Labute approximate surface area is 217 Å². The molecular weight excluding hydrogens is 471 g/mol. The Hall–Kier alpha value is -1.26. The summed E-state index contributed by atoms with van der Waals surface area (Å²) in [7, 11) is 0. The lowest BCUT2D eigenvalue weighted by atomic mass is 9.94. The number of esters is 2. The molecule has 0 aromatic heterocycles. The first-order chi connectivity index (χ1) is 16.3. The van der Waals surface area contributed by atoms with Gasteiger partial charge in [-0.25, -0.2) is 0 Å². The van der Waals surface area contributed by atoms with Crippen LogP contribution in [0.5, 0.6) is 5.75 Å². The van der Waals surface area contributed by atoms with Gasteiger partial charge in [-0.15, -0.1) is 0 Å². The molecule has 1 aromatic carbocycles. The minimum absolute atomic E-state index is 0.127. The molecule has 0 heterocycles. The third kappa shape index (κ3) is 13.0. The minimum atomic E-state index is -1.43. The van der Waals surface area contributed by atoms with Crippen molar-refractivity contribution >= 4 is 35.1 Å². The summed E-state index contributed by atoms with van der Waals surface area (Å²) in [6.07, 6.45) is 19.2. The molecule has 0 fully saturated rings. The fraction of sp³-hybridized carbons (Fsp3) is 0.714. The van der Waals surface area contributed by atoms with Gasteiger partial charge in [-0.3, -0.25) is 9.59 Å². The third-order valence-electron chi connectivity index (χ3n) is 6.10. The highest BCUT2D eigenvalue weighted by Crippen LogP contribution is 2.30. The van der Waals surface area contributed by atoms with Gasteiger partial charge in [0, 0.05) is 11.1 Å². The monoisotopic (exact) mass is 514 g/mol. The van der Waals surface area contributed by atoms with E-state index in [0.29, 0.717) is 11.6 Å². The smallest absolute Gasteiger partial charge is 0.328 e. The van der Waals surface area contributed by atoms with Gasteiger partial charge in [0.25, 0.3) is 0 Å². The van der Waals surface area contributed by atoms with Crippen molar-refractivity contribution in [2.45, 2.75) is 117 Å². The van der Waals surface area contributed by atoms with Crippen molar-refractivity contribution in [1.29, 1.82) is 0 Å². The highest BCUT2D eigenvalue weighted by molar-refractivity contribution is 6.34. The molecule has 0 N–H and O–H groups in total. The van der Waals surface area contributed by atoms with E-state index in [4.69, 9.17) is 32.7 Å². The summed E-state index contributed by atoms with van der Waals surface area (Å²) < 4.78 is 10.6. The Kier molecular flexibility index (Phi) is 16.4. The number of hydrogen-bond acceptors (Lipinski definition) is 4. The standard InChI is InChI=1S/C28H44Cl2O4/c1-4-5-6-7-8-9-10-11-12-13-14-15-16-17-18-21-33-26(31)28(2,3)27(32)34-25-22-23(29)19-20-24(25)30/h19-20,22H,4-18,21H2,1-3H3. The zero-order chi connectivity index (χ0) is 25.2. The molecule has 4 nitrogen and oxygen atoms in total. The maximum Gasteiger partial charge on any atom is 0.328 e. The number of halogens is 2. The van der Waals surface area contributed by atoms with Crippen molar-refractivity contribution in [3.63, 3.8) is 0 Å². The van der Waals surface area contributed by atoms with Crippen molar-refractivity contribution < 1.29 is 19.1 Å². The second kappa shape index (κ2) is 18.1. The highest BCUT2D eigenvalue weighted by Gasteiger charge is 2.40. The van der Waals surface area contributed by atoms with Crippen LogP contribution in [0.2, 0.25) is 10.0 Å². The summed E-state index contributed by atoms with van der Waals surface area (Å²) in [5, 5.41) is 0.639. The average molecular weight is 516 g/mol. The fourth-order valence-corrected chi connectivity index (χ4v) is 4.00. The maximum atomic E-state index is 12.5. The van der Waals surface area contributed by atoms with Crippen molar-refractivity contribution in [1.82, 2.24) is 0 Å². The lowest BCUT2D eigenvalue weighted by molar-refractivity contribution is -0.164. The van der Waals surface area contributed by atoms with Gasteiger partial charge in [0.05, 0.1) is 11.6 Å². The third-order valence-corrected chi connectivity index (χ3v) is 6.64. The summed E-state index contributed by atoms with van der Waals surface area (Å²) in [6, 6.07) is 4.57. The van der Waals surface area contributed by atoms with Gasteiger partial charge in [0.15, 0.2) is 11.2 Å². The van der Waals surface area contributed by atoms with Crippen molar-refractivity contribution in [2.75, 3.05) is 6.61 Å². The molecule has 0 saturated carbocycles. The van der Waals surface area contributed by atoms with Gasteiger partial charge >= 0.3 is 11.9 Å². The summed E-state index contributed by atoms with van der Waals surface area (Å²) >= 11 is 11.9. The van der Waals surface area contributed by atoms with Crippen LogP contribution < -0.4 is 4.74 Å². The van der Waals surface area contributed by atoms with E-state index in [-0.39, 0.29) is 10.8 Å². The Morgan fingerprint density at radius 2 is 1.21 bits per heavy atom. The Balaban J connectivity index is 2.06. The van der Waals surface area contributed by atoms with Gasteiger partial charge in [-0.05, 0) is 32.4 Å². The second-order valence-corrected chi connectivity index (χ2v) is 10.5. The van der Waals surface area contributed by atoms with Gasteiger partial charge in [0.2, 0.25) is 0 Å².